The van der Waals surface area contributed by atoms with E-state index < -0.39 is 0 Å². The van der Waals surface area contributed by atoms with Crippen molar-refractivity contribution in [2.45, 2.75) is 0 Å². The number of aromatic nitrogens is 1. The fraction of sp³-hybridized carbons (Fsp3) is 0.0833. The molecule has 1 aromatic carbocycles. The maximum absolute atomic E-state index is 11.9. The number of thiocarbonyl (C=S) groups is 1. The van der Waals surface area contributed by atoms with Crippen LogP contribution >= 0.6 is 23.6 Å². The lowest BCUT2D eigenvalue weighted by Gasteiger charge is -2.10. The van der Waals surface area contributed by atoms with Crippen molar-refractivity contribution in [1.29, 1.82) is 0 Å². The van der Waals surface area contributed by atoms with E-state index in [1.54, 1.807) is 23.7 Å². The Morgan fingerprint density at radius 2 is 2.32 bits per heavy atom. The van der Waals surface area contributed by atoms with Crippen LogP contribution in [0.4, 0.5) is 5.69 Å². The zero-order valence-electron chi connectivity index (χ0n) is 10.0. The Balaban J connectivity index is 2.25. The number of nitrogens with one attached hydrogen (secondary N) is 1. The molecule has 1 aromatic heterocycles. The predicted molar refractivity (Wildman–Crippen MR) is 78.9 cm³/mol. The zero-order valence-corrected chi connectivity index (χ0v) is 11.7. The molecule has 2 aromatic rings. The third-order valence-corrected chi connectivity index (χ3v) is 3.40. The molecule has 1 amide bonds. The molecule has 0 unspecified atom stereocenters. The highest BCUT2D eigenvalue weighted by Gasteiger charge is 2.12. The molecular weight excluding hydrogens is 282 g/mol. The third-order valence-electron chi connectivity index (χ3n) is 2.39. The van der Waals surface area contributed by atoms with Gasteiger partial charge in [0.05, 0.1) is 24.5 Å². The molecule has 0 aliphatic heterocycles. The average Bonchev–Trinajstić information content (AvgIpc) is 2.92. The molecule has 0 aliphatic rings. The molecule has 0 atom stereocenters. The van der Waals surface area contributed by atoms with Crippen molar-refractivity contribution in [3.05, 3.63) is 40.3 Å². The number of rotatable bonds is 4. The van der Waals surface area contributed by atoms with Gasteiger partial charge in [-0.1, -0.05) is 12.2 Å². The minimum absolute atomic E-state index is 0.233. The maximum atomic E-state index is 11.9. The van der Waals surface area contributed by atoms with Crippen LogP contribution < -0.4 is 15.8 Å². The van der Waals surface area contributed by atoms with E-state index in [0.29, 0.717) is 21.9 Å². The number of ether oxygens (including phenoxy) is 1. The quantitative estimate of drug-likeness (QED) is 0.844. The second-order valence-corrected chi connectivity index (χ2v) is 4.93. The van der Waals surface area contributed by atoms with Crippen LogP contribution in [0.5, 0.6) is 5.75 Å². The molecular formula is C12H11N3O2S2. The standard InChI is InChI=1S/C12H11N3O2S2/c1-17-9-4-7(11(13)18)2-3-8(9)15-12(16)10-5-14-6-19-10/h2-6H,1H3,(H2,13,18)(H,15,16). The second kappa shape index (κ2) is 5.77. The summed E-state index contributed by atoms with van der Waals surface area (Å²) in [6.45, 7) is 0. The summed E-state index contributed by atoms with van der Waals surface area (Å²) in [6, 6.07) is 5.12. The van der Waals surface area contributed by atoms with Crippen molar-refractivity contribution >= 4 is 40.1 Å². The van der Waals surface area contributed by atoms with Gasteiger partial charge < -0.3 is 15.8 Å². The first kappa shape index (κ1) is 13.4. The van der Waals surface area contributed by atoms with Crippen molar-refractivity contribution in [3.8, 4) is 5.75 Å². The summed E-state index contributed by atoms with van der Waals surface area (Å²) in [5.41, 5.74) is 8.39. The number of benzene rings is 1. The van der Waals surface area contributed by atoms with Crippen LogP contribution in [0.2, 0.25) is 0 Å². The first-order valence-corrected chi connectivity index (χ1v) is 6.58. The van der Waals surface area contributed by atoms with Gasteiger partial charge in [-0.3, -0.25) is 9.78 Å². The Hall–Kier alpha value is -1.99. The van der Waals surface area contributed by atoms with Crippen LogP contribution in [-0.2, 0) is 0 Å². The molecule has 98 valence electrons. The van der Waals surface area contributed by atoms with Gasteiger partial charge in [0.1, 0.15) is 15.6 Å². The fourth-order valence-electron chi connectivity index (χ4n) is 1.46. The van der Waals surface area contributed by atoms with Crippen molar-refractivity contribution in [1.82, 2.24) is 4.98 Å². The van der Waals surface area contributed by atoms with Crippen LogP contribution in [0.15, 0.2) is 29.9 Å². The number of methoxy groups -OCH3 is 1. The molecule has 0 fully saturated rings. The number of amides is 1. The summed E-state index contributed by atoms with van der Waals surface area (Å²) >= 11 is 6.16. The number of nitrogens with zero attached hydrogens (tertiary/aromatic N) is 1. The van der Waals surface area contributed by atoms with E-state index in [1.165, 1.54) is 24.6 Å². The largest absolute Gasteiger partial charge is 0.495 e. The van der Waals surface area contributed by atoms with Gasteiger partial charge in [-0.15, -0.1) is 11.3 Å². The predicted octanol–water partition coefficient (Wildman–Crippen LogP) is 2.04. The minimum atomic E-state index is -0.233. The SMILES string of the molecule is COc1cc(C(N)=S)ccc1NC(=O)c1cncs1. The number of anilines is 1. The second-order valence-electron chi connectivity index (χ2n) is 3.60. The van der Waals surface area contributed by atoms with E-state index in [-0.39, 0.29) is 10.9 Å². The number of thiazole rings is 1. The van der Waals surface area contributed by atoms with Crippen LogP contribution in [0.25, 0.3) is 0 Å². The summed E-state index contributed by atoms with van der Waals surface area (Å²) in [5, 5.41) is 2.75. The molecule has 0 spiro atoms. The van der Waals surface area contributed by atoms with Gasteiger partial charge in [0.15, 0.2) is 0 Å². The number of carbonyl (C=O) groups excluding carboxylic acids is 1. The Morgan fingerprint density at radius 3 is 2.89 bits per heavy atom. The van der Waals surface area contributed by atoms with Crippen molar-refractivity contribution in [2.24, 2.45) is 5.73 Å². The van der Waals surface area contributed by atoms with Gasteiger partial charge in [-0.05, 0) is 18.2 Å². The topological polar surface area (TPSA) is 77.2 Å². The van der Waals surface area contributed by atoms with Gasteiger partial charge in [0, 0.05) is 5.56 Å². The van der Waals surface area contributed by atoms with Crippen molar-refractivity contribution in [3.63, 3.8) is 0 Å². The number of hydrogen-bond acceptors (Lipinski definition) is 5. The summed E-state index contributed by atoms with van der Waals surface area (Å²) in [6.07, 6.45) is 1.51. The summed E-state index contributed by atoms with van der Waals surface area (Å²) in [4.78, 5) is 16.6. The Labute approximate surface area is 119 Å². The average molecular weight is 293 g/mol. The normalized spacial score (nSPS) is 9.95. The Bertz CT molecular complexity index is 611. The van der Waals surface area contributed by atoms with Gasteiger partial charge in [0.25, 0.3) is 5.91 Å². The Morgan fingerprint density at radius 1 is 1.53 bits per heavy atom. The van der Waals surface area contributed by atoms with Crippen LogP contribution in [0, 0.1) is 0 Å². The van der Waals surface area contributed by atoms with E-state index >= 15 is 0 Å². The Kier molecular flexibility index (Phi) is 4.08. The molecule has 0 saturated carbocycles. The number of nitrogens with two attached hydrogens (primary N) is 1. The summed E-state index contributed by atoms with van der Waals surface area (Å²) in [5.74, 6) is 0.270. The first-order chi connectivity index (χ1) is 9.11. The highest BCUT2D eigenvalue weighted by Crippen LogP contribution is 2.26. The van der Waals surface area contributed by atoms with Gasteiger partial charge in [0.2, 0.25) is 0 Å². The number of carbonyl (C=O) groups is 1. The number of hydrogen-bond donors (Lipinski definition) is 2. The molecule has 0 saturated heterocycles. The van der Waals surface area contributed by atoms with E-state index in [4.69, 9.17) is 22.7 Å². The molecule has 3 N–H and O–H groups in total. The van der Waals surface area contributed by atoms with E-state index in [9.17, 15) is 4.79 Å². The van der Waals surface area contributed by atoms with Crippen LogP contribution in [-0.4, -0.2) is 23.0 Å². The molecule has 2 rings (SSSR count). The van der Waals surface area contributed by atoms with Crippen molar-refractivity contribution in [2.75, 3.05) is 12.4 Å². The molecule has 0 radical (unpaired) electrons. The lowest BCUT2D eigenvalue weighted by atomic mass is 10.2. The highest BCUT2D eigenvalue weighted by atomic mass is 32.1. The van der Waals surface area contributed by atoms with Gasteiger partial charge in [-0.2, -0.15) is 0 Å². The molecule has 5 nitrogen and oxygen atoms in total. The first-order valence-electron chi connectivity index (χ1n) is 5.29. The lowest BCUT2D eigenvalue weighted by molar-refractivity contribution is 0.103. The summed E-state index contributed by atoms with van der Waals surface area (Å²) in [7, 11) is 1.51. The molecule has 0 aliphatic carbocycles. The van der Waals surface area contributed by atoms with E-state index in [2.05, 4.69) is 10.3 Å². The fourth-order valence-corrected chi connectivity index (χ4v) is 2.10. The summed E-state index contributed by atoms with van der Waals surface area (Å²) < 4.78 is 5.21. The van der Waals surface area contributed by atoms with E-state index in [1.807, 2.05) is 0 Å². The van der Waals surface area contributed by atoms with Crippen molar-refractivity contribution < 1.29 is 9.53 Å². The van der Waals surface area contributed by atoms with Gasteiger partial charge >= 0.3 is 0 Å². The van der Waals surface area contributed by atoms with E-state index in [0.717, 1.165) is 0 Å². The highest BCUT2D eigenvalue weighted by molar-refractivity contribution is 7.80. The monoisotopic (exact) mass is 293 g/mol. The maximum Gasteiger partial charge on any atom is 0.267 e. The molecule has 0 bridgehead atoms. The molecule has 1 heterocycles. The smallest absolute Gasteiger partial charge is 0.267 e. The lowest BCUT2D eigenvalue weighted by Crippen LogP contribution is -2.13. The van der Waals surface area contributed by atoms with Crippen LogP contribution in [0.3, 0.4) is 0 Å². The third kappa shape index (κ3) is 3.07. The zero-order chi connectivity index (χ0) is 13.8. The molecule has 19 heavy (non-hydrogen) atoms. The van der Waals surface area contributed by atoms with Gasteiger partial charge in [-0.25, -0.2) is 0 Å². The molecule has 7 heteroatoms. The van der Waals surface area contributed by atoms with Crippen LogP contribution in [0.1, 0.15) is 15.2 Å². The minimum Gasteiger partial charge on any atom is -0.495 e.